The first-order valence-electron chi connectivity index (χ1n) is 11.7. The number of carbonyl (C=O) groups excluding carboxylic acids is 1. The van der Waals surface area contributed by atoms with Crippen molar-refractivity contribution in [1.29, 1.82) is 0 Å². The van der Waals surface area contributed by atoms with Crippen LogP contribution in [-0.4, -0.2) is 60.9 Å². The van der Waals surface area contributed by atoms with Crippen LogP contribution < -0.4 is 9.62 Å². The molecule has 20 heteroatoms. The van der Waals surface area contributed by atoms with Gasteiger partial charge in [0, 0.05) is 17.8 Å². The minimum atomic E-state index is -6.18. The number of nitrogens with zero attached hydrogens (tertiary/aromatic N) is 5. The van der Waals surface area contributed by atoms with E-state index in [1.807, 2.05) is 30.4 Å². The number of fused-ring (bicyclic) bond motifs is 1. The van der Waals surface area contributed by atoms with Gasteiger partial charge in [-0.3, -0.25) is 4.72 Å². The number of sulfonamides is 1. The molecule has 1 aromatic heterocycles. The van der Waals surface area contributed by atoms with Gasteiger partial charge in [-0.2, -0.15) is 35.1 Å². The molecule has 228 valence electrons. The van der Waals surface area contributed by atoms with Crippen LogP contribution in [0.3, 0.4) is 0 Å². The largest absolute Gasteiger partial charge is 0.501 e. The fourth-order valence-electron chi connectivity index (χ4n) is 4.06. The number of aryl methyl sites for hydroxylation is 1. The minimum absolute atomic E-state index is 0.0598. The van der Waals surface area contributed by atoms with Crippen LogP contribution in [0.15, 0.2) is 22.4 Å². The van der Waals surface area contributed by atoms with E-state index in [-0.39, 0.29) is 34.8 Å². The summed E-state index contributed by atoms with van der Waals surface area (Å²) in [4.78, 5) is 13.7. The number of hydrogen-bond donors (Lipinski definition) is 1. The number of azo groups is 1. The molecule has 1 N–H and O–H groups in total. The molecule has 10 nitrogen and oxygen atoms in total. The van der Waals surface area contributed by atoms with Crippen molar-refractivity contribution >= 4 is 49.5 Å². The molecule has 0 saturated heterocycles. The molecule has 1 aliphatic rings. The second-order valence-corrected chi connectivity index (χ2v) is 11.7. The lowest BCUT2D eigenvalue weighted by Gasteiger charge is -2.42. The molecular weight excluding hydrogens is 616 g/mol. The number of nitrogens with one attached hydrogen (secondary N) is 1. The Morgan fingerprint density at radius 2 is 1.80 bits per heavy atom. The summed E-state index contributed by atoms with van der Waals surface area (Å²) in [6.45, 7) is 5.74. The van der Waals surface area contributed by atoms with E-state index in [0.717, 1.165) is 6.42 Å². The summed E-state index contributed by atoms with van der Waals surface area (Å²) in [6.07, 6.45) is -15.1. The molecule has 1 aromatic carbocycles. The van der Waals surface area contributed by atoms with Gasteiger partial charge >= 0.3 is 24.4 Å². The van der Waals surface area contributed by atoms with E-state index in [1.54, 1.807) is 0 Å². The molecule has 2 heterocycles. The zero-order chi connectivity index (χ0) is 31.0. The molecule has 3 rings (SSSR count). The van der Waals surface area contributed by atoms with Crippen molar-refractivity contribution in [3.63, 3.8) is 0 Å². The SMILES string of the molecule is CCC1CCc2cc(N=Nc3nnc(C(=O)OC(F)(F)C(F)(F)F)s3)c(NS(=O)(=O)CC(F)(F)F)cc2N1C(C)C. The van der Waals surface area contributed by atoms with Crippen molar-refractivity contribution in [1.82, 2.24) is 10.2 Å². The van der Waals surface area contributed by atoms with Crippen molar-refractivity contribution in [2.75, 3.05) is 15.4 Å². The standard InChI is InChI=1S/C21H22F8N6O4S2/c1-4-12-6-5-11-7-13(14(8-15(11)35(12)10(2)3)34-41(37,38)9-19(22,23)24)30-32-18-33-31-16(40-18)17(36)39-21(28,29)20(25,26)27/h7-8,10,12,34H,4-6,9H2,1-3H3. The lowest BCUT2D eigenvalue weighted by atomic mass is 9.92. The molecule has 0 spiro atoms. The zero-order valence-corrected chi connectivity index (χ0v) is 23.0. The lowest BCUT2D eigenvalue weighted by molar-refractivity contribution is -0.370. The number of esters is 1. The third kappa shape index (κ3) is 7.98. The Balaban J connectivity index is 1.99. The van der Waals surface area contributed by atoms with Gasteiger partial charge in [0.05, 0.1) is 5.69 Å². The summed E-state index contributed by atoms with van der Waals surface area (Å²) in [5, 5.41) is 12.3. The van der Waals surface area contributed by atoms with Crippen LogP contribution in [0.4, 0.5) is 57.3 Å². The molecule has 1 unspecified atom stereocenters. The highest BCUT2D eigenvalue weighted by molar-refractivity contribution is 7.92. The van der Waals surface area contributed by atoms with Crippen molar-refractivity contribution in [2.24, 2.45) is 10.2 Å². The third-order valence-electron chi connectivity index (χ3n) is 5.65. The maximum atomic E-state index is 13.0. The number of anilines is 2. The maximum Gasteiger partial charge on any atom is 0.501 e. The van der Waals surface area contributed by atoms with Gasteiger partial charge in [0.2, 0.25) is 15.0 Å². The molecule has 0 amide bonds. The first-order valence-corrected chi connectivity index (χ1v) is 14.2. The van der Waals surface area contributed by atoms with Gasteiger partial charge in [0.1, 0.15) is 5.69 Å². The fraction of sp³-hybridized carbons (Fsp3) is 0.571. The summed E-state index contributed by atoms with van der Waals surface area (Å²) in [5.74, 6) is -4.34. The fourth-order valence-corrected chi connectivity index (χ4v) is 5.60. The number of halogens is 8. The highest BCUT2D eigenvalue weighted by Gasteiger charge is 2.62. The number of alkyl halides is 8. The van der Waals surface area contributed by atoms with Gasteiger partial charge in [0.15, 0.2) is 5.75 Å². The summed E-state index contributed by atoms with van der Waals surface area (Å²) >= 11 is 0.121. The maximum absolute atomic E-state index is 13.0. The molecule has 0 aliphatic carbocycles. The smallest absolute Gasteiger partial charge is 0.388 e. The molecule has 1 aliphatic heterocycles. The monoisotopic (exact) mass is 638 g/mol. The average molecular weight is 639 g/mol. The Labute approximate surface area is 231 Å². The molecule has 0 bridgehead atoms. The van der Waals surface area contributed by atoms with Gasteiger partial charge < -0.3 is 9.64 Å². The molecule has 1 atom stereocenters. The van der Waals surface area contributed by atoms with Crippen LogP contribution in [0, 0.1) is 0 Å². The van der Waals surface area contributed by atoms with Crippen LogP contribution in [0.1, 0.15) is 49.0 Å². The minimum Gasteiger partial charge on any atom is -0.388 e. The van der Waals surface area contributed by atoms with Crippen molar-refractivity contribution in [3.05, 3.63) is 22.7 Å². The number of hydrogen-bond acceptors (Lipinski definition) is 10. The quantitative estimate of drug-likeness (QED) is 0.189. The van der Waals surface area contributed by atoms with Crippen LogP contribution in [0.2, 0.25) is 0 Å². The first kappa shape index (κ1) is 32.4. The first-order chi connectivity index (χ1) is 18.7. The highest BCUT2D eigenvalue weighted by atomic mass is 32.2. The second kappa shape index (κ2) is 11.6. The van der Waals surface area contributed by atoms with Gasteiger partial charge in [0.25, 0.3) is 5.13 Å². The van der Waals surface area contributed by atoms with E-state index in [1.165, 1.54) is 12.1 Å². The summed E-state index contributed by atoms with van der Waals surface area (Å²) in [7, 11) is -4.96. The molecule has 0 radical (unpaired) electrons. The van der Waals surface area contributed by atoms with Gasteiger partial charge in [-0.25, -0.2) is 13.2 Å². The van der Waals surface area contributed by atoms with Crippen molar-refractivity contribution < 1.29 is 53.1 Å². The van der Waals surface area contributed by atoms with E-state index in [9.17, 15) is 48.3 Å². The van der Waals surface area contributed by atoms with Crippen LogP contribution in [0.5, 0.6) is 0 Å². The van der Waals surface area contributed by atoms with Gasteiger partial charge in [-0.15, -0.1) is 20.4 Å². The summed E-state index contributed by atoms with van der Waals surface area (Å²) in [6, 6.07) is 2.72. The predicted octanol–water partition coefficient (Wildman–Crippen LogP) is 6.51. The number of carbonyl (C=O) groups is 1. The Bertz CT molecular complexity index is 1410. The number of benzene rings is 1. The summed E-state index contributed by atoms with van der Waals surface area (Å²) in [5.41, 5.74) is 0.615. The van der Waals surface area contributed by atoms with Gasteiger partial charge in [-0.05, 0) is 50.8 Å². The summed E-state index contributed by atoms with van der Waals surface area (Å²) < 4.78 is 131. The highest BCUT2D eigenvalue weighted by Crippen LogP contribution is 2.42. The normalized spacial score (nSPS) is 16.8. The molecule has 0 fully saturated rings. The molecular formula is C21H22F8N6O4S2. The Kier molecular flexibility index (Phi) is 9.16. The zero-order valence-electron chi connectivity index (χ0n) is 21.3. The van der Waals surface area contributed by atoms with Crippen molar-refractivity contribution in [2.45, 2.75) is 70.6 Å². The van der Waals surface area contributed by atoms with E-state index >= 15 is 0 Å². The second-order valence-electron chi connectivity index (χ2n) is 9.07. The molecule has 41 heavy (non-hydrogen) atoms. The van der Waals surface area contributed by atoms with E-state index in [4.69, 9.17) is 0 Å². The van der Waals surface area contributed by atoms with Gasteiger partial charge in [-0.1, -0.05) is 18.3 Å². The molecule has 2 aromatic rings. The number of ether oxygens (including phenoxy) is 1. The van der Waals surface area contributed by atoms with E-state index < -0.39 is 50.3 Å². The lowest BCUT2D eigenvalue weighted by Crippen LogP contribution is -2.43. The number of aromatic nitrogens is 2. The topological polar surface area (TPSA) is 126 Å². The van der Waals surface area contributed by atoms with Crippen molar-refractivity contribution in [3.8, 4) is 0 Å². The van der Waals surface area contributed by atoms with Crippen LogP contribution >= 0.6 is 11.3 Å². The average Bonchev–Trinajstić information content (AvgIpc) is 3.28. The van der Waals surface area contributed by atoms with E-state index in [0.29, 0.717) is 24.1 Å². The Morgan fingerprint density at radius 1 is 1.15 bits per heavy atom. The van der Waals surface area contributed by atoms with E-state index in [2.05, 4.69) is 25.2 Å². The Hall–Kier alpha value is -3.16. The van der Waals surface area contributed by atoms with Crippen LogP contribution in [-0.2, 0) is 21.2 Å². The predicted molar refractivity (Wildman–Crippen MR) is 130 cm³/mol. The third-order valence-corrected chi connectivity index (χ3v) is 7.67. The molecule has 0 saturated carbocycles. The van der Waals surface area contributed by atoms with Crippen LogP contribution in [0.25, 0.3) is 0 Å². The number of rotatable bonds is 9. The Morgan fingerprint density at radius 3 is 2.37 bits per heavy atom.